The maximum absolute atomic E-state index is 13.3. The van der Waals surface area contributed by atoms with Crippen LogP contribution in [0.2, 0.25) is 0 Å². The van der Waals surface area contributed by atoms with E-state index in [1.807, 2.05) is 0 Å². The third-order valence-electron chi connectivity index (χ3n) is 5.12. The summed E-state index contributed by atoms with van der Waals surface area (Å²) in [6, 6.07) is 9.58. The Morgan fingerprint density at radius 2 is 1.63 bits per heavy atom. The molecule has 0 unspecified atom stereocenters. The van der Waals surface area contributed by atoms with Gasteiger partial charge >= 0.3 is 5.97 Å². The molecule has 188 valence electrons. The topological polar surface area (TPSA) is 122 Å². The van der Waals surface area contributed by atoms with Gasteiger partial charge in [-0.15, -0.1) is 0 Å². The summed E-state index contributed by atoms with van der Waals surface area (Å²) in [5.41, 5.74) is -0.142. The quantitative estimate of drug-likeness (QED) is 0.582. The summed E-state index contributed by atoms with van der Waals surface area (Å²) < 4.78 is 46.0. The largest absolute Gasteiger partial charge is 0.461 e. The molecule has 0 spiro atoms. The summed E-state index contributed by atoms with van der Waals surface area (Å²) >= 11 is 0. The first-order valence-corrected chi connectivity index (χ1v) is 12.4. The summed E-state index contributed by atoms with van der Waals surface area (Å²) in [5.74, 6) is -2.07. The second-order valence-electron chi connectivity index (χ2n) is 9.32. The molecule has 0 aromatic heterocycles. The van der Waals surface area contributed by atoms with E-state index in [0.29, 0.717) is 5.69 Å². The van der Waals surface area contributed by atoms with Crippen molar-refractivity contribution in [2.45, 2.75) is 56.7 Å². The predicted octanol–water partition coefficient (Wildman–Crippen LogP) is 2.69. The molecular formula is C24H28FN3O6S. The van der Waals surface area contributed by atoms with E-state index in [0.717, 1.165) is 12.1 Å². The zero-order valence-electron chi connectivity index (χ0n) is 19.9. The van der Waals surface area contributed by atoms with E-state index < -0.39 is 51.3 Å². The average Bonchev–Trinajstić information content (AvgIpc) is 3.15. The second-order valence-corrected chi connectivity index (χ2v) is 11.0. The van der Waals surface area contributed by atoms with Gasteiger partial charge in [-0.1, -0.05) is 0 Å². The lowest BCUT2D eigenvalue weighted by atomic mass is 10.1. The van der Waals surface area contributed by atoms with Crippen molar-refractivity contribution in [3.05, 3.63) is 59.9 Å². The van der Waals surface area contributed by atoms with Gasteiger partial charge in [0.05, 0.1) is 11.4 Å². The van der Waals surface area contributed by atoms with Crippen LogP contribution in [0.15, 0.2) is 53.4 Å². The maximum atomic E-state index is 13.3. The minimum absolute atomic E-state index is 0.00350. The fourth-order valence-electron chi connectivity index (χ4n) is 3.75. The molecule has 2 atom stereocenters. The molecule has 1 saturated heterocycles. The average molecular weight is 506 g/mol. The van der Waals surface area contributed by atoms with Crippen LogP contribution in [0.5, 0.6) is 0 Å². The van der Waals surface area contributed by atoms with Crippen LogP contribution in [0, 0.1) is 5.82 Å². The van der Waals surface area contributed by atoms with Crippen molar-refractivity contribution in [2.24, 2.45) is 0 Å². The molecular weight excluding hydrogens is 477 g/mol. The molecule has 1 heterocycles. The molecule has 2 N–H and O–H groups in total. The monoisotopic (exact) mass is 505 g/mol. The Bertz CT molecular complexity index is 1210. The van der Waals surface area contributed by atoms with Gasteiger partial charge in [0.1, 0.15) is 18.0 Å². The van der Waals surface area contributed by atoms with Gasteiger partial charge in [0, 0.05) is 30.1 Å². The molecule has 0 bridgehead atoms. The highest BCUT2D eigenvalue weighted by molar-refractivity contribution is 7.89. The number of amides is 2. The predicted molar refractivity (Wildman–Crippen MR) is 127 cm³/mol. The number of anilines is 1. The lowest BCUT2D eigenvalue weighted by Crippen LogP contribution is -2.43. The number of nitrogens with one attached hydrogen (secondary N) is 2. The third-order valence-corrected chi connectivity index (χ3v) is 6.90. The standard InChI is InChI=1S/C24H28FN3O6S/c1-15(29)34-19-13-21(28(14-19)23(31)16-5-7-17(25)8-6-16)22(30)26-18-9-11-20(12-10-18)35(32,33)27-24(2,3)4/h5-12,19,21,27H,13-14H2,1-4H3,(H,26,30)/t19-,21-/m0/s1. The van der Waals surface area contributed by atoms with Crippen LogP contribution >= 0.6 is 0 Å². The van der Waals surface area contributed by atoms with Crippen LogP contribution < -0.4 is 10.0 Å². The van der Waals surface area contributed by atoms with E-state index in [-0.39, 0.29) is 23.4 Å². The highest BCUT2D eigenvalue weighted by Crippen LogP contribution is 2.25. The van der Waals surface area contributed by atoms with Crippen LogP contribution in [0.3, 0.4) is 0 Å². The van der Waals surface area contributed by atoms with Crippen LogP contribution in [0.4, 0.5) is 10.1 Å². The number of halogens is 1. The van der Waals surface area contributed by atoms with E-state index in [1.54, 1.807) is 20.8 Å². The first kappa shape index (κ1) is 26.3. The zero-order chi connectivity index (χ0) is 26.0. The summed E-state index contributed by atoms with van der Waals surface area (Å²) in [6.07, 6.45) is -0.594. The van der Waals surface area contributed by atoms with Crippen LogP contribution in [0.1, 0.15) is 44.5 Å². The summed E-state index contributed by atoms with van der Waals surface area (Å²) in [4.78, 5) is 38.9. The minimum Gasteiger partial charge on any atom is -0.461 e. The maximum Gasteiger partial charge on any atom is 0.302 e. The van der Waals surface area contributed by atoms with E-state index in [2.05, 4.69) is 10.0 Å². The number of likely N-dealkylation sites (tertiary alicyclic amines) is 1. The Hall–Kier alpha value is -3.31. The molecule has 1 fully saturated rings. The highest BCUT2D eigenvalue weighted by atomic mass is 32.2. The first-order valence-electron chi connectivity index (χ1n) is 10.9. The number of nitrogens with zero attached hydrogens (tertiary/aromatic N) is 1. The van der Waals surface area contributed by atoms with Crippen LogP contribution in [0.25, 0.3) is 0 Å². The number of sulfonamides is 1. The Morgan fingerprint density at radius 1 is 1.03 bits per heavy atom. The van der Waals surface area contributed by atoms with E-state index >= 15 is 0 Å². The molecule has 1 aliphatic rings. The van der Waals surface area contributed by atoms with Crippen molar-refractivity contribution in [3.8, 4) is 0 Å². The van der Waals surface area contributed by atoms with Crippen molar-refractivity contribution in [2.75, 3.05) is 11.9 Å². The smallest absolute Gasteiger partial charge is 0.302 e. The number of ether oxygens (including phenoxy) is 1. The fraction of sp³-hybridized carbons (Fsp3) is 0.375. The minimum atomic E-state index is -3.74. The van der Waals surface area contributed by atoms with E-state index in [9.17, 15) is 27.2 Å². The third kappa shape index (κ3) is 6.86. The van der Waals surface area contributed by atoms with Gasteiger partial charge < -0.3 is 15.0 Å². The van der Waals surface area contributed by atoms with Gasteiger partial charge in [0.25, 0.3) is 5.91 Å². The Morgan fingerprint density at radius 3 is 2.17 bits per heavy atom. The van der Waals surface area contributed by atoms with Crippen molar-refractivity contribution in [3.63, 3.8) is 0 Å². The first-order chi connectivity index (χ1) is 16.2. The number of hydrogen-bond donors (Lipinski definition) is 2. The second kappa shape index (κ2) is 10.1. The van der Waals surface area contributed by atoms with Crippen LogP contribution in [-0.2, 0) is 24.3 Å². The molecule has 35 heavy (non-hydrogen) atoms. The SMILES string of the molecule is CC(=O)O[C@H]1C[C@@H](C(=O)Nc2ccc(S(=O)(=O)NC(C)(C)C)cc2)N(C(=O)c2ccc(F)cc2)C1. The van der Waals surface area contributed by atoms with Gasteiger partial charge in [0.2, 0.25) is 15.9 Å². The Labute approximate surface area is 203 Å². The number of carbonyl (C=O) groups is 3. The fourth-order valence-corrected chi connectivity index (χ4v) is 5.17. The van der Waals surface area contributed by atoms with Crippen molar-refractivity contribution in [1.82, 2.24) is 9.62 Å². The molecule has 2 aromatic carbocycles. The number of hydrogen-bond acceptors (Lipinski definition) is 6. The molecule has 0 saturated carbocycles. The molecule has 2 aromatic rings. The van der Waals surface area contributed by atoms with Crippen molar-refractivity contribution >= 4 is 33.5 Å². The van der Waals surface area contributed by atoms with E-state index in [4.69, 9.17) is 4.74 Å². The van der Waals surface area contributed by atoms with Gasteiger partial charge in [-0.05, 0) is 69.3 Å². The summed E-state index contributed by atoms with van der Waals surface area (Å²) in [5, 5.41) is 2.68. The zero-order valence-corrected chi connectivity index (χ0v) is 20.7. The van der Waals surface area contributed by atoms with Gasteiger partial charge in [-0.2, -0.15) is 0 Å². The molecule has 11 heteroatoms. The highest BCUT2D eigenvalue weighted by Gasteiger charge is 2.41. The summed E-state index contributed by atoms with van der Waals surface area (Å²) in [6.45, 7) is 6.42. The van der Waals surface area contributed by atoms with Gasteiger partial charge in [-0.25, -0.2) is 17.5 Å². The molecule has 0 radical (unpaired) electrons. The number of esters is 1. The number of carbonyl (C=O) groups excluding carboxylic acids is 3. The van der Waals surface area contributed by atoms with Crippen molar-refractivity contribution in [1.29, 1.82) is 0 Å². The Balaban J connectivity index is 1.78. The lowest BCUT2D eigenvalue weighted by molar-refractivity contribution is -0.145. The number of benzene rings is 2. The van der Waals surface area contributed by atoms with Crippen LogP contribution in [-0.4, -0.2) is 55.3 Å². The normalized spacial score (nSPS) is 18.3. The molecule has 9 nitrogen and oxygen atoms in total. The van der Waals surface area contributed by atoms with Crippen molar-refractivity contribution < 1.29 is 31.9 Å². The molecule has 1 aliphatic heterocycles. The summed E-state index contributed by atoms with van der Waals surface area (Å²) in [7, 11) is -3.74. The molecule has 2 amide bonds. The Kier molecular flexibility index (Phi) is 7.61. The van der Waals surface area contributed by atoms with Gasteiger partial charge in [0.15, 0.2) is 0 Å². The number of rotatable bonds is 6. The molecule has 3 rings (SSSR count). The van der Waals surface area contributed by atoms with E-state index in [1.165, 1.54) is 48.2 Å². The van der Waals surface area contributed by atoms with Gasteiger partial charge in [-0.3, -0.25) is 14.4 Å². The molecule has 0 aliphatic carbocycles. The lowest BCUT2D eigenvalue weighted by Gasteiger charge is -2.24.